The maximum Gasteiger partial charge on any atom is 0.251 e. The molecule has 7 heteroatoms. The number of benzene rings is 1. The number of amides is 1. The van der Waals surface area contributed by atoms with Gasteiger partial charge in [0.05, 0.1) is 12.2 Å². The minimum Gasteiger partial charge on any atom is -0.357 e. The van der Waals surface area contributed by atoms with E-state index in [-0.39, 0.29) is 5.91 Å². The van der Waals surface area contributed by atoms with E-state index < -0.39 is 0 Å². The lowest BCUT2D eigenvalue weighted by molar-refractivity contribution is 0.0950. The molecule has 0 aliphatic carbocycles. The molecular weight excluding hydrogens is 352 g/mol. The molecule has 1 aromatic carbocycles. The third-order valence-electron chi connectivity index (χ3n) is 4.85. The first-order valence-corrected chi connectivity index (χ1v) is 9.67. The standard InChI is InChI=1S/C21H24N6O/c1-16-13-20(26-10-3-2-4-11-26)25-19(24-16)15-22-21(28)17-7-5-8-18(14-17)27-12-6-9-23-27/h5-9,12-14H,2-4,10-11,15H2,1H3,(H,22,28). The minimum atomic E-state index is -0.154. The lowest BCUT2D eigenvalue weighted by Gasteiger charge is -2.28. The maximum atomic E-state index is 12.6. The lowest BCUT2D eigenvalue weighted by atomic mass is 10.1. The van der Waals surface area contributed by atoms with Crippen LogP contribution in [0.25, 0.3) is 5.69 Å². The van der Waals surface area contributed by atoms with Crippen LogP contribution in [0.5, 0.6) is 0 Å². The topological polar surface area (TPSA) is 75.9 Å². The SMILES string of the molecule is Cc1cc(N2CCCCC2)nc(CNC(=O)c2cccc(-n3cccn3)c2)n1. The molecule has 7 nitrogen and oxygen atoms in total. The van der Waals surface area contributed by atoms with E-state index in [1.54, 1.807) is 16.9 Å². The number of piperidine rings is 1. The second-order valence-electron chi connectivity index (χ2n) is 7.02. The molecule has 0 spiro atoms. The van der Waals surface area contributed by atoms with Gasteiger partial charge in [0.1, 0.15) is 11.6 Å². The predicted molar refractivity (Wildman–Crippen MR) is 108 cm³/mol. The van der Waals surface area contributed by atoms with Crippen LogP contribution in [0, 0.1) is 6.92 Å². The number of hydrogen-bond acceptors (Lipinski definition) is 5. The second-order valence-corrected chi connectivity index (χ2v) is 7.02. The van der Waals surface area contributed by atoms with E-state index in [1.165, 1.54) is 19.3 Å². The van der Waals surface area contributed by atoms with Gasteiger partial charge in [0.2, 0.25) is 0 Å². The highest BCUT2D eigenvalue weighted by Gasteiger charge is 2.14. The normalized spacial score (nSPS) is 14.1. The Bertz CT molecular complexity index is 947. The van der Waals surface area contributed by atoms with Gasteiger partial charge in [-0.3, -0.25) is 4.79 Å². The third kappa shape index (κ3) is 4.19. The molecular formula is C21H24N6O. The van der Waals surface area contributed by atoms with Crippen molar-refractivity contribution in [3.05, 3.63) is 65.9 Å². The number of aryl methyl sites for hydroxylation is 1. The first-order valence-electron chi connectivity index (χ1n) is 9.67. The zero-order valence-corrected chi connectivity index (χ0v) is 16.0. The average molecular weight is 376 g/mol. The van der Waals surface area contributed by atoms with Crippen LogP contribution in [0.15, 0.2) is 48.8 Å². The smallest absolute Gasteiger partial charge is 0.251 e. The minimum absolute atomic E-state index is 0.154. The van der Waals surface area contributed by atoms with Crippen LogP contribution in [0.1, 0.15) is 41.1 Å². The predicted octanol–water partition coefficient (Wildman–Crippen LogP) is 2.89. The van der Waals surface area contributed by atoms with E-state index in [2.05, 4.69) is 25.3 Å². The van der Waals surface area contributed by atoms with Crippen molar-refractivity contribution in [2.45, 2.75) is 32.7 Å². The van der Waals surface area contributed by atoms with Crippen molar-refractivity contribution in [1.82, 2.24) is 25.1 Å². The molecule has 1 aliphatic heterocycles. The van der Waals surface area contributed by atoms with E-state index in [0.29, 0.717) is 17.9 Å². The molecule has 0 atom stereocenters. The molecule has 0 unspecified atom stereocenters. The molecule has 0 bridgehead atoms. The number of nitrogens with zero attached hydrogens (tertiary/aromatic N) is 5. The van der Waals surface area contributed by atoms with Crippen molar-refractivity contribution in [3.8, 4) is 5.69 Å². The Balaban J connectivity index is 1.45. The number of nitrogens with one attached hydrogen (secondary N) is 1. The number of rotatable bonds is 5. The van der Waals surface area contributed by atoms with Crippen LogP contribution in [-0.2, 0) is 6.54 Å². The van der Waals surface area contributed by atoms with Gasteiger partial charge < -0.3 is 10.2 Å². The van der Waals surface area contributed by atoms with Crippen molar-refractivity contribution in [3.63, 3.8) is 0 Å². The highest BCUT2D eigenvalue weighted by Crippen LogP contribution is 2.18. The van der Waals surface area contributed by atoms with E-state index in [9.17, 15) is 4.79 Å². The summed E-state index contributed by atoms with van der Waals surface area (Å²) in [6.07, 6.45) is 7.23. The number of hydrogen-bond donors (Lipinski definition) is 1. The van der Waals surface area contributed by atoms with E-state index in [1.807, 2.05) is 43.5 Å². The molecule has 1 N–H and O–H groups in total. The zero-order chi connectivity index (χ0) is 19.3. The molecule has 4 rings (SSSR count). The van der Waals surface area contributed by atoms with Gasteiger partial charge in [-0.25, -0.2) is 14.6 Å². The number of aromatic nitrogens is 4. The molecule has 2 aromatic heterocycles. The van der Waals surface area contributed by atoms with Crippen molar-refractivity contribution in [1.29, 1.82) is 0 Å². The summed E-state index contributed by atoms with van der Waals surface area (Å²) >= 11 is 0. The van der Waals surface area contributed by atoms with E-state index in [0.717, 1.165) is 30.3 Å². The second kappa shape index (κ2) is 8.21. The van der Waals surface area contributed by atoms with Gasteiger partial charge in [-0.15, -0.1) is 0 Å². The summed E-state index contributed by atoms with van der Waals surface area (Å²) in [5.41, 5.74) is 2.34. The number of anilines is 1. The van der Waals surface area contributed by atoms with Crippen LogP contribution < -0.4 is 10.2 Å². The summed E-state index contributed by atoms with van der Waals surface area (Å²) in [6.45, 7) is 4.33. The van der Waals surface area contributed by atoms with Crippen LogP contribution >= 0.6 is 0 Å². The zero-order valence-electron chi connectivity index (χ0n) is 16.0. The van der Waals surface area contributed by atoms with Crippen molar-refractivity contribution >= 4 is 11.7 Å². The van der Waals surface area contributed by atoms with Gasteiger partial charge in [0.25, 0.3) is 5.91 Å². The summed E-state index contributed by atoms with van der Waals surface area (Å²) in [4.78, 5) is 24.1. The molecule has 1 saturated heterocycles. The maximum absolute atomic E-state index is 12.6. The van der Waals surface area contributed by atoms with Crippen molar-refractivity contribution in [2.75, 3.05) is 18.0 Å². The Morgan fingerprint density at radius 3 is 2.75 bits per heavy atom. The van der Waals surface area contributed by atoms with Crippen molar-refractivity contribution < 1.29 is 4.79 Å². The summed E-state index contributed by atoms with van der Waals surface area (Å²) in [6, 6.07) is 11.2. The van der Waals surface area contributed by atoms with Gasteiger partial charge in [-0.1, -0.05) is 6.07 Å². The van der Waals surface area contributed by atoms with Crippen LogP contribution in [-0.4, -0.2) is 38.7 Å². The van der Waals surface area contributed by atoms with Crippen LogP contribution in [0.3, 0.4) is 0 Å². The number of carbonyl (C=O) groups excluding carboxylic acids is 1. The van der Waals surface area contributed by atoms with Crippen molar-refractivity contribution in [2.24, 2.45) is 0 Å². The molecule has 1 fully saturated rings. The first-order chi connectivity index (χ1) is 13.7. The average Bonchev–Trinajstić information content (AvgIpc) is 3.27. The Hall–Kier alpha value is -3.22. The lowest BCUT2D eigenvalue weighted by Crippen LogP contribution is -2.31. The van der Waals surface area contributed by atoms with Crippen LogP contribution in [0.2, 0.25) is 0 Å². The fourth-order valence-electron chi connectivity index (χ4n) is 3.45. The van der Waals surface area contributed by atoms with Gasteiger partial charge in [0.15, 0.2) is 0 Å². The molecule has 0 saturated carbocycles. The Morgan fingerprint density at radius 2 is 1.96 bits per heavy atom. The molecule has 28 heavy (non-hydrogen) atoms. The highest BCUT2D eigenvalue weighted by molar-refractivity contribution is 5.94. The summed E-state index contributed by atoms with van der Waals surface area (Å²) < 4.78 is 1.73. The molecule has 0 radical (unpaired) electrons. The summed E-state index contributed by atoms with van der Waals surface area (Å²) in [5, 5.41) is 7.14. The van der Waals surface area contributed by atoms with Gasteiger partial charge in [0, 0.05) is 42.8 Å². The Kier molecular flexibility index (Phi) is 5.32. The first kappa shape index (κ1) is 18.2. The monoisotopic (exact) mass is 376 g/mol. The fraction of sp³-hybridized carbons (Fsp3) is 0.333. The van der Waals surface area contributed by atoms with Gasteiger partial charge >= 0.3 is 0 Å². The largest absolute Gasteiger partial charge is 0.357 e. The summed E-state index contributed by atoms with van der Waals surface area (Å²) in [7, 11) is 0. The fourth-order valence-corrected chi connectivity index (χ4v) is 3.45. The molecule has 3 heterocycles. The Morgan fingerprint density at radius 1 is 1.11 bits per heavy atom. The quantitative estimate of drug-likeness (QED) is 0.741. The van der Waals surface area contributed by atoms with Gasteiger partial charge in [-0.05, 0) is 50.5 Å². The summed E-state index contributed by atoms with van der Waals surface area (Å²) in [5.74, 6) is 1.44. The third-order valence-corrected chi connectivity index (χ3v) is 4.85. The Labute approximate surface area is 164 Å². The van der Waals surface area contributed by atoms with E-state index >= 15 is 0 Å². The van der Waals surface area contributed by atoms with Gasteiger partial charge in [-0.2, -0.15) is 5.10 Å². The molecule has 3 aromatic rings. The molecule has 144 valence electrons. The van der Waals surface area contributed by atoms with Crippen LogP contribution in [0.4, 0.5) is 5.82 Å². The highest BCUT2D eigenvalue weighted by atomic mass is 16.1. The molecule has 1 amide bonds. The molecule has 1 aliphatic rings. The van der Waals surface area contributed by atoms with E-state index in [4.69, 9.17) is 0 Å². The number of carbonyl (C=O) groups is 1.